The first kappa shape index (κ1) is 13.4. The molecule has 3 N–H and O–H groups in total. The highest BCUT2D eigenvalue weighted by molar-refractivity contribution is 6.30. The highest BCUT2D eigenvalue weighted by Gasteiger charge is 2.17. The summed E-state index contributed by atoms with van der Waals surface area (Å²) in [5.74, 6) is -0.259. The summed E-state index contributed by atoms with van der Waals surface area (Å²) in [6.07, 6.45) is 1.46. The van der Waals surface area contributed by atoms with Gasteiger partial charge in [-0.3, -0.25) is 9.48 Å². The zero-order valence-electron chi connectivity index (χ0n) is 10.7. The van der Waals surface area contributed by atoms with Gasteiger partial charge in [-0.1, -0.05) is 23.7 Å². The van der Waals surface area contributed by atoms with Crippen LogP contribution in [0, 0.1) is 0 Å². The number of nitrogens with two attached hydrogens (primary N) is 1. The quantitative estimate of drug-likeness (QED) is 0.903. The second-order valence-corrected chi connectivity index (χ2v) is 4.76. The number of aryl methyl sites for hydroxylation is 1. The summed E-state index contributed by atoms with van der Waals surface area (Å²) >= 11 is 5.93. The van der Waals surface area contributed by atoms with Crippen LogP contribution in [-0.2, 0) is 7.05 Å². The number of nitrogen functional groups attached to an aromatic ring is 1. The minimum Gasteiger partial charge on any atom is -0.396 e. The van der Waals surface area contributed by atoms with Gasteiger partial charge in [0.15, 0.2) is 0 Å². The standard InChI is InChI=1S/C13H15ClN4O/c1-8(9-4-3-5-10(14)6-9)17-13(19)12-11(15)7-16-18(12)2/h3-8H,15H2,1-2H3,(H,17,19). The van der Waals surface area contributed by atoms with Gasteiger partial charge in [-0.25, -0.2) is 0 Å². The number of aromatic nitrogens is 2. The van der Waals surface area contributed by atoms with Crippen molar-refractivity contribution in [2.24, 2.45) is 7.05 Å². The lowest BCUT2D eigenvalue weighted by Gasteiger charge is -2.15. The smallest absolute Gasteiger partial charge is 0.272 e. The molecule has 0 bridgehead atoms. The van der Waals surface area contributed by atoms with Crippen LogP contribution < -0.4 is 11.1 Å². The van der Waals surface area contributed by atoms with Crippen LogP contribution in [0.25, 0.3) is 0 Å². The number of nitrogens with zero attached hydrogens (tertiary/aromatic N) is 2. The first-order valence-electron chi connectivity index (χ1n) is 5.83. The Hall–Kier alpha value is -2.01. The molecule has 0 radical (unpaired) electrons. The molecular formula is C13H15ClN4O. The third-order valence-electron chi connectivity index (χ3n) is 2.88. The molecule has 1 heterocycles. The predicted octanol–water partition coefficient (Wildman–Crippen LogP) is 2.15. The van der Waals surface area contributed by atoms with E-state index in [0.717, 1.165) is 5.56 Å². The number of carbonyl (C=O) groups is 1. The fourth-order valence-electron chi connectivity index (χ4n) is 1.86. The van der Waals surface area contributed by atoms with Crippen molar-refractivity contribution in [1.82, 2.24) is 15.1 Å². The average Bonchev–Trinajstić information content (AvgIpc) is 2.69. The van der Waals surface area contributed by atoms with E-state index in [-0.39, 0.29) is 11.9 Å². The number of hydrogen-bond donors (Lipinski definition) is 2. The largest absolute Gasteiger partial charge is 0.396 e. The topological polar surface area (TPSA) is 72.9 Å². The Labute approximate surface area is 116 Å². The van der Waals surface area contributed by atoms with Crippen molar-refractivity contribution in [3.63, 3.8) is 0 Å². The van der Waals surface area contributed by atoms with Crippen molar-refractivity contribution in [3.05, 3.63) is 46.7 Å². The zero-order chi connectivity index (χ0) is 14.0. The first-order chi connectivity index (χ1) is 8.99. The molecule has 5 nitrogen and oxygen atoms in total. The predicted molar refractivity (Wildman–Crippen MR) is 75.0 cm³/mol. The molecule has 6 heteroatoms. The van der Waals surface area contributed by atoms with Crippen LogP contribution in [0.3, 0.4) is 0 Å². The lowest BCUT2D eigenvalue weighted by atomic mass is 10.1. The Kier molecular flexibility index (Phi) is 3.76. The average molecular weight is 279 g/mol. The Bertz CT molecular complexity index is 589. The number of hydrogen-bond acceptors (Lipinski definition) is 3. The van der Waals surface area contributed by atoms with Crippen molar-refractivity contribution >= 4 is 23.2 Å². The number of nitrogens with one attached hydrogen (secondary N) is 1. The Balaban J connectivity index is 2.15. The first-order valence-corrected chi connectivity index (χ1v) is 6.20. The molecule has 1 amide bonds. The molecule has 0 fully saturated rings. The Morgan fingerprint density at radius 3 is 2.84 bits per heavy atom. The van der Waals surface area contributed by atoms with Gasteiger partial charge < -0.3 is 11.1 Å². The van der Waals surface area contributed by atoms with E-state index >= 15 is 0 Å². The molecule has 0 aliphatic rings. The van der Waals surface area contributed by atoms with E-state index in [1.165, 1.54) is 10.9 Å². The van der Waals surface area contributed by atoms with Crippen molar-refractivity contribution < 1.29 is 4.79 Å². The summed E-state index contributed by atoms with van der Waals surface area (Å²) in [6.45, 7) is 1.89. The fourth-order valence-corrected chi connectivity index (χ4v) is 2.06. The van der Waals surface area contributed by atoms with Gasteiger partial charge in [-0.05, 0) is 24.6 Å². The molecule has 2 aromatic rings. The van der Waals surface area contributed by atoms with Crippen LogP contribution in [0.1, 0.15) is 29.0 Å². The van der Waals surface area contributed by atoms with Crippen LogP contribution in [-0.4, -0.2) is 15.7 Å². The lowest BCUT2D eigenvalue weighted by molar-refractivity contribution is 0.0931. The molecule has 1 aromatic heterocycles. The molecule has 0 saturated carbocycles. The van der Waals surface area contributed by atoms with Crippen molar-refractivity contribution in [2.45, 2.75) is 13.0 Å². The van der Waals surface area contributed by atoms with Gasteiger partial charge in [-0.15, -0.1) is 0 Å². The van der Waals surface area contributed by atoms with Gasteiger partial charge in [0, 0.05) is 12.1 Å². The molecule has 0 saturated heterocycles. The van der Waals surface area contributed by atoms with Gasteiger partial charge in [0.05, 0.1) is 17.9 Å². The zero-order valence-corrected chi connectivity index (χ0v) is 11.5. The summed E-state index contributed by atoms with van der Waals surface area (Å²) < 4.78 is 1.45. The monoisotopic (exact) mass is 278 g/mol. The summed E-state index contributed by atoms with van der Waals surface area (Å²) in [7, 11) is 1.68. The van der Waals surface area contributed by atoms with E-state index in [0.29, 0.717) is 16.4 Å². The maximum atomic E-state index is 12.1. The molecule has 19 heavy (non-hydrogen) atoms. The molecule has 0 aliphatic carbocycles. The van der Waals surface area contributed by atoms with E-state index in [4.69, 9.17) is 17.3 Å². The minimum absolute atomic E-state index is 0.166. The number of halogens is 1. The normalized spacial score (nSPS) is 12.2. The minimum atomic E-state index is -0.259. The number of carbonyl (C=O) groups excluding carboxylic acids is 1. The maximum Gasteiger partial charge on any atom is 0.272 e. The van der Waals surface area contributed by atoms with Crippen LogP contribution >= 0.6 is 11.6 Å². The van der Waals surface area contributed by atoms with Gasteiger partial charge >= 0.3 is 0 Å². The summed E-state index contributed by atoms with van der Waals surface area (Å²) in [4.78, 5) is 12.1. The summed E-state index contributed by atoms with van der Waals surface area (Å²) in [5.41, 5.74) is 7.36. The summed E-state index contributed by atoms with van der Waals surface area (Å²) in [5, 5.41) is 7.45. The Morgan fingerprint density at radius 1 is 1.53 bits per heavy atom. The SMILES string of the molecule is CC(NC(=O)c1c(N)cnn1C)c1cccc(Cl)c1. The van der Waals surface area contributed by atoms with Crippen LogP contribution in [0.5, 0.6) is 0 Å². The molecule has 2 rings (SSSR count). The fraction of sp³-hybridized carbons (Fsp3) is 0.231. The van der Waals surface area contributed by atoms with E-state index in [1.54, 1.807) is 13.1 Å². The summed E-state index contributed by atoms with van der Waals surface area (Å²) in [6, 6.07) is 7.19. The van der Waals surface area contributed by atoms with Crippen LogP contribution in [0.15, 0.2) is 30.5 Å². The third-order valence-corrected chi connectivity index (χ3v) is 3.11. The molecule has 0 aliphatic heterocycles. The van der Waals surface area contributed by atoms with E-state index < -0.39 is 0 Å². The highest BCUT2D eigenvalue weighted by atomic mass is 35.5. The highest BCUT2D eigenvalue weighted by Crippen LogP contribution is 2.18. The number of benzene rings is 1. The molecule has 0 spiro atoms. The van der Waals surface area contributed by atoms with Crippen LogP contribution in [0.2, 0.25) is 5.02 Å². The van der Waals surface area contributed by atoms with Gasteiger partial charge in [0.1, 0.15) is 5.69 Å². The van der Waals surface area contributed by atoms with Crippen molar-refractivity contribution in [3.8, 4) is 0 Å². The lowest BCUT2D eigenvalue weighted by Crippen LogP contribution is -2.29. The van der Waals surface area contributed by atoms with E-state index in [9.17, 15) is 4.79 Å². The van der Waals surface area contributed by atoms with Crippen molar-refractivity contribution in [2.75, 3.05) is 5.73 Å². The second kappa shape index (κ2) is 5.32. The number of anilines is 1. The molecule has 1 unspecified atom stereocenters. The van der Waals surface area contributed by atoms with Crippen LogP contribution in [0.4, 0.5) is 5.69 Å². The third kappa shape index (κ3) is 2.88. The van der Waals surface area contributed by atoms with Gasteiger partial charge in [0.2, 0.25) is 0 Å². The second-order valence-electron chi connectivity index (χ2n) is 4.32. The molecule has 1 atom stereocenters. The molecular weight excluding hydrogens is 264 g/mol. The van der Waals surface area contributed by atoms with E-state index in [2.05, 4.69) is 10.4 Å². The number of rotatable bonds is 3. The Morgan fingerprint density at radius 2 is 2.26 bits per heavy atom. The maximum absolute atomic E-state index is 12.1. The van der Waals surface area contributed by atoms with Gasteiger partial charge in [-0.2, -0.15) is 5.10 Å². The number of amides is 1. The van der Waals surface area contributed by atoms with E-state index in [1.807, 2.05) is 25.1 Å². The van der Waals surface area contributed by atoms with Crippen molar-refractivity contribution in [1.29, 1.82) is 0 Å². The molecule has 100 valence electrons. The molecule has 1 aromatic carbocycles. The van der Waals surface area contributed by atoms with Gasteiger partial charge in [0.25, 0.3) is 5.91 Å².